The first-order valence-corrected chi connectivity index (χ1v) is 7.08. The van der Waals surface area contributed by atoms with Crippen LogP contribution in [0, 0.1) is 0 Å². The zero-order valence-corrected chi connectivity index (χ0v) is 11.7. The number of nitrogens with zero attached hydrogens (tertiary/aromatic N) is 1. The van der Waals surface area contributed by atoms with Gasteiger partial charge < -0.3 is 4.74 Å². The van der Waals surface area contributed by atoms with E-state index < -0.39 is 16.0 Å². The molecule has 0 atom stereocenters. The van der Waals surface area contributed by atoms with Crippen LogP contribution in [0.15, 0.2) is 29.2 Å². The molecule has 1 rings (SSSR count). The van der Waals surface area contributed by atoms with Gasteiger partial charge in [0.05, 0.1) is 12.0 Å². The maximum absolute atomic E-state index is 12.2. The van der Waals surface area contributed by atoms with Crippen molar-refractivity contribution in [2.24, 2.45) is 0 Å². The molecule has 0 radical (unpaired) electrons. The van der Waals surface area contributed by atoms with Crippen LogP contribution < -0.4 is 0 Å². The minimum Gasteiger partial charge on any atom is -0.468 e. The van der Waals surface area contributed by atoms with Crippen LogP contribution in [0.5, 0.6) is 0 Å². The number of ether oxygens (including phenoxy) is 1. The number of carbonyl (C=O) groups is 1. The largest absolute Gasteiger partial charge is 0.468 e. The quantitative estimate of drug-likeness (QED) is 0.604. The van der Waals surface area contributed by atoms with Gasteiger partial charge in [0.1, 0.15) is 6.54 Å². The van der Waals surface area contributed by atoms with Gasteiger partial charge in [0.25, 0.3) is 0 Å². The highest BCUT2D eigenvalue weighted by Crippen LogP contribution is 2.20. The Morgan fingerprint density at radius 1 is 1.39 bits per heavy atom. The molecule has 0 unspecified atom stereocenters. The molecule has 18 heavy (non-hydrogen) atoms. The first kappa shape index (κ1) is 14.9. The van der Waals surface area contributed by atoms with Crippen molar-refractivity contribution >= 4 is 27.6 Å². The zero-order chi connectivity index (χ0) is 13.8. The maximum Gasteiger partial charge on any atom is 0.321 e. The molecule has 0 amide bonds. The molecule has 0 saturated heterocycles. The van der Waals surface area contributed by atoms with Crippen molar-refractivity contribution in [3.63, 3.8) is 0 Å². The summed E-state index contributed by atoms with van der Waals surface area (Å²) in [6, 6.07) is 6.40. The second kappa shape index (κ2) is 6.17. The Balaban J connectivity index is 3.09. The van der Waals surface area contributed by atoms with Crippen molar-refractivity contribution in [2.75, 3.05) is 20.7 Å². The minimum absolute atomic E-state index is 0.0848. The van der Waals surface area contributed by atoms with Crippen LogP contribution in [0.4, 0.5) is 0 Å². The number of rotatable bonds is 5. The van der Waals surface area contributed by atoms with Crippen molar-refractivity contribution < 1.29 is 17.9 Å². The van der Waals surface area contributed by atoms with E-state index in [1.807, 2.05) is 0 Å². The topological polar surface area (TPSA) is 63.7 Å². The SMILES string of the molecule is COC(=O)CN(C)S(=O)(=O)c1ccccc1CCl. The van der Waals surface area contributed by atoms with E-state index in [9.17, 15) is 13.2 Å². The summed E-state index contributed by atoms with van der Waals surface area (Å²) in [5.41, 5.74) is 0.496. The number of halogens is 1. The molecule has 7 heteroatoms. The molecule has 1 aromatic rings. The molecule has 0 saturated carbocycles. The number of esters is 1. The average molecular weight is 292 g/mol. The summed E-state index contributed by atoms with van der Waals surface area (Å²) in [7, 11) is -1.22. The van der Waals surface area contributed by atoms with Crippen LogP contribution in [0.25, 0.3) is 0 Å². The lowest BCUT2D eigenvalue weighted by molar-refractivity contribution is -0.140. The van der Waals surface area contributed by atoms with Crippen molar-refractivity contribution in [3.8, 4) is 0 Å². The molecule has 0 heterocycles. The summed E-state index contributed by atoms with van der Waals surface area (Å²) >= 11 is 5.70. The number of methoxy groups -OCH3 is 1. The third kappa shape index (κ3) is 3.22. The second-order valence-electron chi connectivity index (χ2n) is 3.58. The number of hydrogen-bond acceptors (Lipinski definition) is 4. The fourth-order valence-electron chi connectivity index (χ4n) is 1.37. The summed E-state index contributed by atoms with van der Waals surface area (Å²) in [6.45, 7) is -0.338. The van der Waals surface area contributed by atoms with Gasteiger partial charge in [0.15, 0.2) is 0 Å². The second-order valence-corrected chi connectivity index (χ2v) is 5.86. The van der Waals surface area contributed by atoms with Gasteiger partial charge in [-0.3, -0.25) is 4.79 Å². The Kier molecular flexibility index (Phi) is 5.13. The number of sulfonamides is 1. The lowest BCUT2D eigenvalue weighted by Gasteiger charge is -2.17. The molecule has 0 aromatic heterocycles. The molecule has 5 nitrogen and oxygen atoms in total. The van der Waals surface area contributed by atoms with Gasteiger partial charge >= 0.3 is 5.97 Å². The number of likely N-dealkylation sites (N-methyl/N-ethyl adjacent to an activating group) is 1. The van der Waals surface area contributed by atoms with Gasteiger partial charge in [0.2, 0.25) is 10.0 Å². The number of carbonyl (C=O) groups excluding carboxylic acids is 1. The molecule has 0 aliphatic heterocycles. The van der Waals surface area contributed by atoms with Gasteiger partial charge in [-0.1, -0.05) is 18.2 Å². The highest BCUT2D eigenvalue weighted by Gasteiger charge is 2.25. The first-order valence-electron chi connectivity index (χ1n) is 5.10. The van der Waals surface area contributed by atoms with E-state index in [-0.39, 0.29) is 17.3 Å². The Bertz CT molecular complexity index is 530. The van der Waals surface area contributed by atoms with Gasteiger partial charge in [-0.2, -0.15) is 4.31 Å². The first-order chi connectivity index (χ1) is 8.43. The van der Waals surface area contributed by atoms with Crippen LogP contribution in [0.2, 0.25) is 0 Å². The smallest absolute Gasteiger partial charge is 0.321 e. The monoisotopic (exact) mass is 291 g/mol. The van der Waals surface area contributed by atoms with Crippen molar-refractivity contribution in [1.29, 1.82) is 0 Å². The normalized spacial score (nSPS) is 11.6. The van der Waals surface area contributed by atoms with E-state index in [0.717, 1.165) is 4.31 Å². The summed E-state index contributed by atoms with van der Waals surface area (Å²) in [6.07, 6.45) is 0. The predicted molar refractivity (Wildman–Crippen MR) is 67.8 cm³/mol. The Labute approximate surface area is 111 Å². The van der Waals surface area contributed by atoms with E-state index in [1.54, 1.807) is 18.2 Å². The standard InChI is InChI=1S/C11H14ClNO4S/c1-13(8-11(14)17-2)18(15,16)10-6-4-3-5-9(10)7-12/h3-6H,7-8H2,1-2H3. The molecule has 1 aromatic carbocycles. The van der Waals surface area contributed by atoms with Crippen LogP contribution in [-0.2, 0) is 25.4 Å². The van der Waals surface area contributed by atoms with Gasteiger partial charge in [-0.15, -0.1) is 11.6 Å². The molecule has 0 fully saturated rings. The fraction of sp³-hybridized carbons (Fsp3) is 0.364. The summed E-state index contributed by atoms with van der Waals surface area (Å²) in [4.78, 5) is 11.2. The fourth-order valence-corrected chi connectivity index (χ4v) is 3.01. The Hall–Kier alpha value is -1.11. The van der Waals surface area contributed by atoms with Crippen molar-refractivity contribution in [2.45, 2.75) is 10.8 Å². The van der Waals surface area contributed by atoms with Crippen LogP contribution >= 0.6 is 11.6 Å². The van der Waals surface area contributed by atoms with Crippen molar-refractivity contribution in [1.82, 2.24) is 4.31 Å². The molecule has 0 bridgehead atoms. The van der Waals surface area contributed by atoms with Crippen LogP contribution in [-0.4, -0.2) is 39.4 Å². The lowest BCUT2D eigenvalue weighted by atomic mass is 10.2. The van der Waals surface area contributed by atoms with Gasteiger partial charge in [-0.25, -0.2) is 8.42 Å². The highest BCUT2D eigenvalue weighted by atomic mass is 35.5. The summed E-state index contributed by atoms with van der Waals surface area (Å²) in [5.74, 6) is -0.536. The van der Waals surface area contributed by atoms with E-state index in [0.29, 0.717) is 5.56 Å². The molecule has 100 valence electrons. The minimum atomic E-state index is -3.74. The lowest BCUT2D eigenvalue weighted by Crippen LogP contribution is -2.33. The zero-order valence-electron chi connectivity index (χ0n) is 10.1. The maximum atomic E-state index is 12.2. The Morgan fingerprint density at radius 3 is 2.56 bits per heavy atom. The third-order valence-electron chi connectivity index (χ3n) is 2.38. The summed E-state index contributed by atoms with van der Waals surface area (Å²) < 4.78 is 29.8. The molecule has 0 aliphatic rings. The van der Waals surface area contributed by atoms with E-state index >= 15 is 0 Å². The molecule has 0 spiro atoms. The Morgan fingerprint density at radius 2 is 2.00 bits per heavy atom. The highest BCUT2D eigenvalue weighted by molar-refractivity contribution is 7.89. The molecular weight excluding hydrogens is 278 g/mol. The summed E-state index contributed by atoms with van der Waals surface area (Å²) in [5, 5.41) is 0. The van der Waals surface area contributed by atoms with E-state index in [4.69, 9.17) is 11.6 Å². The van der Waals surface area contributed by atoms with Crippen LogP contribution in [0.3, 0.4) is 0 Å². The molecule has 0 N–H and O–H groups in total. The number of hydrogen-bond donors (Lipinski definition) is 0. The number of alkyl halides is 1. The van der Waals surface area contributed by atoms with E-state index in [2.05, 4.69) is 4.74 Å². The molecule has 0 aliphatic carbocycles. The van der Waals surface area contributed by atoms with E-state index in [1.165, 1.54) is 20.2 Å². The van der Waals surface area contributed by atoms with Crippen molar-refractivity contribution in [3.05, 3.63) is 29.8 Å². The average Bonchev–Trinajstić information content (AvgIpc) is 2.38. The molecular formula is C11H14ClNO4S. The number of benzene rings is 1. The van der Waals surface area contributed by atoms with Crippen LogP contribution in [0.1, 0.15) is 5.56 Å². The van der Waals surface area contributed by atoms with Gasteiger partial charge in [0, 0.05) is 12.9 Å². The predicted octanol–water partition coefficient (Wildman–Crippen LogP) is 1.22. The third-order valence-corrected chi connectivity index (χ3v) is 4.58. The van der Waals surface area contributed by atoms with Gasteiger partial charge in [-0.05, 0) is 11.6 Å².